The second-order valence-electron chi connectivity index (χ2n) is 4.67. The Labute approximate surface area is 97.7 Å². The summed E-state index contributed by atoms with van der Waals surface area (Å²) in [5, 5.41) is 3.47. The smallest absolute Gasteiger partial charge is 0.125 e. The van der Waals surface area contributed by atoms with Crippen molar-refractivity contribution in [3.63, 3.8) is 0 Å². The number of nitrogens with one attached hydrogen (secondary N) is 1. The number of nitrogens with zero attached hydrogens (tertiary/aromatic N) is 2. The van der Waals surface area contributed by atoms with Crippen molar-refractivity contribution < 1.29 is 0 Å². The third kappa shape index (κ3) is 3.01. The maximum atomic E-state index is 4.19. The average Bonchev–Trinajstić information content (AvgIpc) is 2.80. The van der Waals surface area contributed by atoms with E-state index >= 15 is 0 Å². The number of hydrogen-bond donors (Lipinski definition) is 1. The van der Waals surface area contributed by atoms with E-state index in [9.17, 15) is 0 Å². The molecule has 3 nitrogen and oxygen atoms in total. The first-order chi connectivity index (χ1) is 7.75. The van der Waals surface area contributed by atoms with E-state index in [1.165, 1.54) is 25.7 Å². The molecular formula is C13H20N3. The Kier molecular flexibility index (Phi) is 3.88. The molecule has 1 unspecified atom stereocenters. The van der Waals surface area contributed by atoms with E-state index < -0.39 is 0 Å². The highest BCUT2D eigenvalue weighted by Crippen LogP contribution is 2.24. The van der Waals surface area contributed by atoms with Gasteiger partial charge in [-0.05, 0) is 39.2 Å². The van der Waals surface area contributed by atoms with Crippen molar-refractivity contribution >= 4 is 0 Å². The minimum atomic E-state index is 0.112. The summed E-state index contributed by atoms with van der Waals surface area (Å²) in [5.41, 5.74) is 1.07. The van der Waals surface area contributed by atoms with Gasteiger partial charge in [-0.1, -0.05) is 12.8 Å². The van der Waals surface area contributed by atoms with E-state index in [1.54, 1.807) is 0 Å². The summed E-state index contributed by atoms with van der Waals surface area (Å²) >= 11 is 0. The Hall–Kier alpha value is -0.960. The summed E-state index contributed by atoms with van der Waals surface area (Å²) in [6, 6.07) is 0.112. The molecule has 2 rings (SSSR count). The molecule has 1 heterocycles. The minimum Gasteiger partial charge on any atom is -0.310 e. The van der Waals surface area contributed by atoms with Crippen LogP contribution in [0.2, 0.25) is 0 Å². The lowest BCUT2D eigenvalue weighted by atomic mass is 10.1. The third-order valence-electron chi connectivity index (χ3n) is 3.33. The van der Waals surface area contributed by atoms with Crippen molar-refractivity contribution in [2.45, 2.75) is 38.6 Å². The number of rotatable bonds is 4. The van der Waals surface area contributed by atoms with Crippen LogP contribution in [-0.2, 0) is 0 Å². The highest BCUT2D eigenvalue weighted by atomic mass is 14.9. The molecule has 0 aliphatic heterocycles. The summed E-state index contributed by atoms with van der Waals surface area (Å²) in [6.45, 7) is 7.08. The molecular weight excluding hydrogens is 198 g/mol. The van der Waals surface area contributed by atoms with Crippen LogP contribution in [0.15, 0.2) is 12.4 Å². The standard InChI is InChI=1S/C13H20N3/c1-10(13-8-15-11(2)16-9-13)14-7-12-5-3-4-6-12/h8-10,12,14H,1,3-7H2,2H3. The topological polar surface area (TPSA) is 37.8 Å². The van der Waals surface area contributed by atoms with Gasteiger partial charge < -0.3 is 5.32 Å². The quantitative estimate of drug-likeness (QED) is 0.843. The Morgan fingerprint density at radius 2 is 2.00 bits per heavy atom. The van der Waals surface area contributed by atoms with E-state index in [1.807, 2.05) is 19.3 Å². The van der Waals surface area contributed by atoms with Crippen LogP contribution in [0, 0.1) is 19.8 Å². The molecule has 1 saturated carbocycles. The third-order valence-corrected chi connectivity index (χ3v) is 3.33. The normalized spacial score (nSPS) is 18.9. The Morgan fingerprint density at radius 1 is 1.38 bits per heavy atom. The molecule has 1 N–H and O–H groups in total. The van der Waals surface area contributed by atoms with E-state index in [2.05, 4.69) is 22.2 Å². The first-order valence-electron chi connectivity index (χ1n) is 6.10. The van der Waals surface area contributed by atoms with Crippen LogP contribution in [0.5, 0.6) is 0 Å². The monoisotopic (exact) mass is 218 g/mol. The molecule has 87 valence electrons. The van der Waals surface area contributed by atoms with Crippen molar-refractivity contribution in [2.24, 2.45) is 5.92 Å². The van der Waals surface area contributed by atoms with Crippen LogP contribution in [0.1, 0.15) is 43.1 Å². The van der Waals surface area contributed by atoms with Crippen molar-refractivity contribution in [3.05, 3.63) is 30.7 Å². The number of aryl methyl sites for hydroxylation is 1. The zero-order chi connectivity index (χ0) is 11.4. The highest BCUT2D eigenvalue weighted by Gasteiger charge is 2.16. The van der Waals surface area contributed by atoms with Gasteiger partial charge in [0.2, 0.25) is 0 Å². The predicted octanol–water partition coefficient (Wildman–Crippen LogP) is 2.44. The minimum absolute atomic E-state index is 0.112. The van der Waals surface area contributed by atoms with Gasteiger partial charge in [0, 0.05) is 24.0 Å². The summed E-state index contributed by atoms with van der Waals surface area (Å²) < 4.78 is 0. The van der Waals surface area contributed by atoms with Crippen molar-refractivity contribution in [1.29, 1.82) is 0 Å². The molecule has 0 saturated heterocycles. The summed E-state index contributed by atoms with van der Waals surface area (Å²) in [6.07, 6.45) is 9.24. The van der Waals surface area contributed by atoms with Gasteiger partial charge in [-0.2, -0.15) is 0 Å². The van der Waals surface area contributed by atoms with Crippen LogP contribution >= 0.6 is 0 Å². The molecule has 3 heteroatoms. The van der Waals surface area contributed by atoms with Crippen molar-refractivity contribution in [3.8, 4) is 0 Å². The second kappa shape index (κ2) is 5.39. The van der Waals surface area contributed by atoms with Gasteiger partial charge in [-0.3, -0.25) is 0 Å². The highest BCUT2D eigenvalue weighted by molar-refractivity contribution is 5.11. The van der Waals surface area contributed by atoms with Gasteiger partial charge in [-0.25, -0.2) is 9.97 Å². The van der Waals surface area contributed by atoms with Crippen LogP contribution in [0.25, 0.3) is 0 Å². The molecule has 0 amide bonds. The van der Waals surface area contributed by atoms with Gasteiger partial charge in [0.25, 0.3) is 0 Å². The fraction of sp³-hybridized carbons (Fsp3) is 0.615. The molecule has 1 atom stereocenters. The first kappa shape index (κ1) is 11.5. The van der Waals surface area contributed by atoms with Gasteiger partial charge in [0.05, 0.1) is 0 Å². The SMILES string of the molecule is [CH2]C(NCC1CCCC1)c1cnc(C)nc1. The lowest BCUT2D eigenvalue weighted by Gasteiger charge is -2.16. The first-order valence-corrected chi connectivity index (χ1v) is 6.10. The zero-order valence-electron chi connectivity index (χ0n) is 9.95. The number of aromatic nitrogens is 2. The Balaban J connectivity index is 1.82. The van der Waals surface area contributed by atoms with Crippen LogP contribution in [0.3, 0.4) is 0 Å². The molecule has 1 fully saturated rings. The molecule has 1 radical (unpaired) electrons. The molecule has 1 aromatic heterocycles. The van der Waals surface area contributed by atoms with E-state index in [-0.39, 0.29) is 6.04 Å². The molecule has 0 aromatic carbocycles. The Bertz CT molecular complexity index is 314. The fourth-order valence-corrected chi connectivity index (χ4v) is 2.22. The van der Waals surface area contributed by atoms with Crippen LogP contribution in [0.4, 0.5) is 0 Å². The van der Waals surface area contributed by atoms with Gasteiger partial charge in [0.1, 0.15) is 5.82 Å². The van der Waals surface area contributed by atoms with Crippen LogP contribution in [-0.4, -0.2) is 16.5 Å². The van der Waals surface area contributed by atoms with E-state index in [4.69, 9.17) is 0 Å². The van der Waals surface area contributed by atoms with Crippen LogP contribution < -0.4 is 5.32 Å². The predicted molar refractivity (Wildman–Crippen MR) is 64.8 cm³/mol. The summed E-state index contributed by atoms with van der Waals surface area (Å²) in [7, 11) is 0. The number of hydrogen-bond acceptors (Lipinski definition) is 3. The van der Waals surface area contributed by atoms with Gasteiger partial charge in [-0.15, -0.1) is 0 Å². The lowest BCUT2D eigenvalue weighted by molar-refractivity contribution is 0.466. The molecule has 0 bridgehead atoms. The van der Waals surface area contributed by atoms with Crippen molar-refractivity contribution in [1.82, 2.24) is 15.3 Å². The summed E-state index contributed by atoms with van der Waals surface area (Å²) in [4.78, 5) is 8.38. The molecule has 0 spiro atoms. The molecule has 1 aromatic rings. The largest absolute Gasteiger partial charge is 0.310 e. The average molecular weight is 218 g/mol. The van der Waals surface area contributed by atoms with Crippen molar-refractivity contribution in [2.75, 3.05) is 6.54 Å². The van der Waals surface area contributed by atoms with E-state index in [0.717, 1.165) is 23.9 Å². The second-order valence-corrected chi connectivity index (χ2v) is 4.67. The van der Waals surface area contributed by atoms with Gasteiger partial charge in [0.15, 0.2) is 0 Å². The maximum absolute atomic E-state index is 4.19. The van der Waals surface area contributed by atoms with Gasteiger partial charge >= 0.3 is 0 Å². The Morgan fingerprint density at radius 3 is 2.62 bits per heavy atom. The maximum Gasteiger partial charge on any atom is 0.125 e. The zero-order valence-corrected chi connectivity index (χ0v) is 9.95. The molecule has 1 aliphatic carbocycles. The molecule has 1 aliphatic rings. The lowest BCUT2D eigenvalue weighted by Crippen LogP contribution is -2.25. The van der Waals surface area contributed by atoms with E-state index in [0.29, 0.717) is 0 Å². The summed E-state index contributed by atoms with van der Waals surface area (Å²) in [5.74, 6) is 1.65. The molecule has 16 heavy (non-hydrogen) atoms. The fourth-order valence-electron chi connectivity index (χ4n) is 2.22.